The molecule has 90 valence electrons. The highest BCUT2D eigenvalue weighted by molar-refractivity contribution is 9.10. The van der Waals surface area contributed by atoms with E-state index in [2.05, 4.69) is 27.2 Å². The zero-order valence-corrected chi connectivity index (χ0v) is 10.7. The first-order valence-corrected chi connectivity index (χ1v) is 5.58. The Morgan fingerprint density at radius 1 is 1.71 bits per heavy atom. The summed E-state index contributed by atoms with van der Waals surface area (Å²) in [5.74, 6) is 0.792. The van der Waals surface area contributed by atoms with E-state index in [9.17, 15) is 14.3 Å². The maximum Gasteiger partial charge on any atom is 0.328 e. The number of aliphatic carboxylic acids is 1. The summed E-state index contributed by atoms with van der Waals surface area (Å²) in [4.78, 5) is 11.3. The van der Waals surface area contributed by atoms with Gasteiger partial charge in [0.05, 0.1) is 6.54 Å². The van der Waals surface area contributed by atoms with Gasteiger partial charge in [-0.25, -0.2) is 9.18 Å². The molecule has 0 spiro atoms. The molecule has 1 atom stereocenters. The fourth-order valence-corrected chi connectivity index (χ4v) is 2.16. The fraction of sp³-hybridized carbons (Fsp3) is 0.250. The van der Waals surface area contributed by atoms with E-state index in [-0.39, 0.29) is 6.54 Å². The minimum Gasteiger partial charge on any atom is -0.480 e. The van der Waals surface area contributed by atoms with Crippen LogP contribution >= 0.6 is 15.9 Å². The Labute approximate surface area is 107 Å². The van der Waals surface area contributed by atoms with Crippen molar-refractivity contribution in [3.63, 3.8) is 0 Å². The first kappa shape index (κ1) is 13.7. The molecule has 0 radical (unpaired) electrons. The van der Waals surface area contributed by atoms with Gasteiger partial charge in [0.25, 0.3) is 0 Å². The summed E-state index contributed by atoms with van der Waals surface area (Å²) in [6.45, 7) is 1.58. The highest BCUT2D eigenvalue weighted by Crippen LogP contribution is 2.29. The van der Waals surface area contributed by atoms with Crippen LogP contribution in [0, 0.1) is 18.2 Å². The number of halogens is 2. The molecule has 0 saturated carbocycles. The first-order valence-electron chi connectivity index (χ1n) is 4.79. The second-order valence-electron chi connectivity index (χ2n) is 3.61. The maximum absolute atomic E-state index is 13.0. The van der Waals surface area contributed by atoms with Crippen LogP contribution in [0.4, 0.5) is 4.39 Å². The molecule has 17 heavy (non-hydrogen) atoms. The summed E-state index contributed by atoms with van der Waals surface area (Å²) in [6.07, 6.45) is 5.10. The van der Waals surface area contributed by atoms with Crippen molar-refractivity contribution in [1.82, 2.24) is 5.32 Å². The summed E-state index contributed by atoms with van der Waals surface area (Å²) in [5, 5.41) is 12.0. The minimum absolute atomic E-state index is 0.104. The number of nitrogens with one attached hydrogen (secondary N) is 1. The first-order chi connectivity index (χ1) is 7.91. The lowest BCUT2D eigenvalue weighted by molar-refractivity contribution is -0.144. The van der Waals surface area contributed by atoms with Crippen molar-refractivity contribution >= 4 is 21.9 Å². The van der Waals surface area contributed by atoms with Gasteiger partial charge in [0.2, 0.25) is 0 Å². The Bertz CT molecular complexity index is 484. The normalized spacial score (nSPS) is 13.8. The summed E-state index contributed by atoms with van der Waals surface area (Å²) in [7, 11) is 0. The Morgan fingerprint density at radius 2 is 2.35 bits per heavy atom. The molecule has 2 N–H and O–H groups in total. The van der Waals surface area contributed by atoms with Crippen molar-refractivity contribution in [3.05, 3.63) is 34.1 Å². The maximum atomic E-state index is 13.0. The van der Waals surface area contributed by atoms with E-state index < -0.39 is 17.3 Å². The molecule has 1 aromatic rings. The monoisotopic (exact) mass is 299 g/mol. The molecular formula is C12H11BrFNO2. The van der Waals surface area contributed by atoms with Crippen molar-refractivity contribution in [2.45, 2.75) is 12.5 Å². The van der Waals surface area contributed by atoms with Crippen LogP contribution in [-0.4, -0.2) is 17.6 Å². The van der Waals surface area contributed by atoms with Crippen LogP contribution in [0.2, 0.25) is 0 Å². The van der Waals surface area contributed by atoms with E-state index in [1.54, 1.807) is 0 Å². The van der Waals surface area contributed by atoms with E-state index in [1.165, 1.54) is 25.1 Å². The van der Waals surface area contributed by atoms with Gasteiger partial charge in [0.15, 0.2) is 0 Å². The van der Waals surface area contributed by atoms with E-state index >= 15 is 0 Å². The predicted molar refractivity (Wildman–Crippen MR) is 65.9 cm³/mol. The zero-order chi connectivity index (χ0) is 13.1. The quantitative estimate of drug-likeness (QED) is 0.837. The molecule has 0 saturated heterocycles. The molecule has 0 aliphatic rings. The van der Waals surface area contributed by atoms with E-state index in [0.717, 1.165) is 0 Å². The van der Waals surface area contributed by atoms with Crippen LogP contribution in [0.3, 0.4) is 0 Å². The molecule has 1 rings (SSSR count). The number of benzene rings is 1. The molecule has 0 aliphatic heterocycles. The summed E-state index contributed by atoms with van der Waals surface area (Å²) in [6, 6.07) is 3.84. The highest BCUT2D eigenvalue weighted by Gasteiger charge is 2.36. The predicted octanol–water partition coefficient (Wildman–Crippen LogP) is 2.11. The topological polar surface area (TPSA) is 49.3 Å². The smallest absolute Gasteiger partial charge is 0.328 e. The second-order valence-corrected chi connectivity index (χ2v) is 4.47. The number of hydrogen-bond donors (Lipinski definition) is 2. The Hall–Kier alpha value is -1.38. The van der Waals surface area contributed by atoms with E-state index in [0.29, 0.717) is 10.0 Å². The number of rotatable bonds is 4. The summed E-state index contributed by atoms with van der Waals surface area (Å²) in [5.41, 5.74) is -0.944. The summed E-state index contributed by atoms with van der Waals surface area (Å²) >= 11 is 3.15. The number of terminal acetylenes is 1. The van der Waals surface area contributed by atoms with Crippen molar-refractivity contribution < 1.29 is 14.3 Å². The molecule has 0 fully saturated rings. The minimum atomic E-state index is -1.36. The van der Waals surface area contributed by atoms with Crippen LogP contribution in [0.5, 0.6) is 0 Å². The lowest BCUT2D eigenvalue weighted by atomic mass is 9.92. The SMILES string of the molecule is C#CCNC(C)(C(=O)O)c1ccc(F)cc1Br. The molecule has 0 aromatic heterocycles. The second kappa shape index (κ2) is 5.30. The molecule has 0 heterocycles. The standard InChI is InChI=1S/C12H11BrFNO2/c1-3-6-15-12(2,11(16)17)9-5-4-8(14)7-10(9)13/h1,4-5,7,15H,6H2,2H3,(H,16,17). The van der Waals surface area contributed by atoms with Gasteiger partial charge in [-0.15, -0.1) is 6.42 Å². The molecule has 3 nitrogen and oxygen atoms in total. The Balaban J connectivity index is 3.23. The van der Waals surface area contributed by atoms with Gasteiger partial charge in [0, 0.05) is 4.47 Å². The van der Waals surface area contributed by atoms with Gasteiger partial charge in [-0.2, -0.15) is 0 Å². The van der Waals surface area contributed by atoms with Gasteiger partial charge >= 0.3 is 5.97 Å². The molecule has 5 heteroatoms. The number of carboxylic acids is 1. The average molecular weight is 300 g/mol. The zero-order valence-electron chi connectivity index (χ0n) is 9.13. The molecule has 1 aromatic carbocycles. The van der Waals surface area contributed by atoms with Crippen molar-refractivity contribution in [3.8, 4) is 12.3 Å². The van der Waals surface area contributed by atoms with Gasteiger partial charge in [-0.05, 0) is 24.6 Å². The van der Waals surface area contributed by atoms with E-state index in [1.807, 2.05) is 0 Å². The van der Waals surface area contributed by atoms with Crippen molar-refractivity contribution in [2.24, 2.45) is 0 Å². The largest absolute Gasteiger partial charge is 0.480 e. The van der Waals surface area contributed by atoms with Crippen molar-refractivity contribution in [1.29, 1.82) is 0 Å². The third-order valence-corrected chi connectivity index (χ3v) is 3.10. The Kier molecular flexibility index (Phi) is 4.27. The number of carboxylic acid groups (broad SMARTS) is 1. The van der Waals surface area contributed by atoms with Crippen molar-refractivity contribution in [2.75, 3.05) is 6.54 Å². The fourth-order valence-electron chi connectivity index (χ4n) is 1.41. The molecule has 0 aliphatic carbocycles. The number of carbonyl (C=O) groups is 1. The molecular weight excluding hydrogens is 289 g/mol. The van der Waals surface area contributed by atoms with Crippen LogP contribution in [0.15, 0.2) is 22.7 Å². The van der Waals surface area contributed by atoms with Gasteiger partial charge < -0.3 is 5.11 Å². The third kappa shape index (κ3) is 2.84. The van der Waals surface area contributed by atoms with Crippen LogP contribution < -0.4 is 5.32 Å². The highest BCUT2D eigenvalue weighted by atomic mass is 79.9. The number of hydrogen-bond acceptors (Lipinski definition) is 2. The van der Waals surface area contributed by atoms with Crippen LogP contribution in [-0.2, 0) is 10.3 Å². The van der Waals surface area contributed by atoms with Gasteiger partial charge in [-0.1, -0.05) is 27.9 Å². The van der Waals surface area contributed by atoms with Gasteiger partial charge in [-0.3, -0.25) is 5.32 Å². The van der Waals surface area contributed by atoms with Crippen LogP contribution in [0.25, 0.3) is 0 Å². The van der Waals surface area contributed by atoms with E-state index in [4.69, 9.17) is 6.42 Å². The Morgan fingerprint density at radius 3 is 2.82 bits per heavy atom. The molecule has 0 bridgehead atoms. The molecule has 0 amide bonds. The average Bonchev–Trinajstić information content (AvgIpc) is 2.25. The molecule has 1 unspecified atom stereocenters. The van der Waals surface area contributed by atoms with Crippen LogP contribution in [0.1, 0.15) is 12.5 Å². The lowest BCUT2D eigenvalue weighted by Gasteiger charge is -2.27. The lowest BCUT2D eigenvalue weighted by Crippen LogP contribution is -2.47. The van der Waals surface area contributed by atoms with Gasteiger partial charge in [0.1, 0.15) is 11.4 Å². The third-order valence-electron chi connectivity index (χ3n) is 2.44. The summed E-state index contributed by atoms with van der Waals surface area (Å²) < 4.78 is 13.3.